The second-order valence-corrected chi connectivity index (χ2v) is 8.42. The van der Waals surface area contributed by atoms with Crippen molar-refractivity contribution in [3.63, 3.8) is 0 Å². The molecule has 1 aromatic carbocycles. The van der Waals surface area contributed by atoms with Crippen LogP contribution in [-0.2, 0) is 13.5 Å². The Bertz CT molecular complexity index is 987. The van der Waals surface area contributed by atoms with Crippen LogP contribution in [0, 0.1) is 5.92 Å². The number of aryl methyl sites for hydroxylation is 1. The number of nitrogens with zero attached hydrogens (tertiary/aromatic N) is 3. The zero-order valence-corrected chi connectivity index (χ0v) is 18.7. The van der Waals surface area contributed by atoms with E-state index >= 15 is 0 Å². The second kappa shape index (κ2) is 9.73. The number of imidazole rings is 1. The van der Waals surface area contributed by atoms with Gasteiger partial charge in [0.2, 0.25) is 0 Å². The number of carbonyl (C=O) groups is 1. The van der Waals surface area contributed by atoms with Crippen molar-refractivity contribution in [1.29, 1.82) is 0 Å². The van der Waals surface area contributed by atoms with E-state index in [1.54, 1.807) is 6.20 Å². The molecule has 0 saturated heterocycles. The van der Waals surface area contributed by atoms with Crippen LogP contribution >= 0.6 is 23.2 Å². The molecule has 0 bridgehead atoms. The number of benzene rings is 1. The van der Waals surface area contributed by atoms with Gasteiger partial charge in [-0.2, -0.15) is 0 Å². The molecule has 29 heavy (non-hydrogen) atoms. The molecular formula is C23H27Cl2N3O. The Balaban J connectivity index is 1.86. The van der Waals surface area contributed by atoms with Gasteiger partial charge in [0.25, 0.3) is 0 Å². The fourth-order valence-electron chi connectivity index (χ4n) is 3.84. The number of pyridine rings is 1. The Kier molecular flexibility index (Phi) is 7.31. The summed E-state index contributed by atoms with van der Waals surface area (Å²) in [7, 11) is 1.92. The fraction of sp³-hybridized carbons (Fsp3) is 0.435. The molecule has 0 aliphatic rings. The van der Waals surface area contributed by atoms with Crippen LogP contribution in [0.1, 0.15) is 67.7 Å². The summed E-state index contributed by atoms with van der Waals surface area (Å²) in [5, 5.41) is 1.23. The predicted molar refractivity (Wildman–Crippen MR) is 120 cm³/mol. The van der Waals surface area contributed by atoms with Crippen LogP contribution in [0.25, 0.3) is 11.2 Å². The number of Topliss-reactive ketones (excluding diaryl/α,β-unsaturated/α-hetero) is 1. The number of aromatic nitrogens is 3. The van der Waals surface area contributed by atoms with Gasteiger partial charge in [-0.15, -0.1) is 0 Å². The minimum absolute atomic E-state index is 0.146. The Hall–Kier alpha value is -1.91. The standard InChI is InChI=1S/C23H27Cl2N3O/c1-4-7-15(8-5-2)11-21(29)16-12-20-23(26-14-16)28(3)22(27-20)13-17-18(24)9-6-10-19(17)25/h6,9-10,12,14-15H,4-5,7-8,11,13H2,1-3H3. The summed E-state index contributed by atoms with van der Waals surface area (Å²) in [5.41, 5.74) is 2.94. The molecule has 0 unspecified atom stereocenters. The smallest absolute Gasteiger partial charge is 0.164 e. The highest BCUT2D eigenvalue weighted by Gasteiger charge is 2.18. The highest BCUT2D eigenvalue weighted by Crippen LogP contribution is 2.28. The number of ketones is 1. The maximum atomic E-state index is 12.8. The lowest BCUT2D eigenvalue weighted by Crippen LogP contribution is -2.09. The van der Waals surface area contributed by atoms with E-state index in [4.69, 9.17) is 28.2 Å². The minimum Gasteiger partial charge on any atom is -0.316 e. The van der Waals surface area contributed by atoms with E-state index in [9.17, 15) is 4.79 Å². The molecular weight excluding hydrogens is 405 g/mol. The summed E-state index contributed by atoms with van der Waals surface area (Å²) in [5.74, 6) is 1.39. The number of rotatable bonds is 9. The average Bonchev–Trinajstić information content (AvgIpc) is 3.00. The second-order valence-electron chi connectivity index (χ2n) is 7.60. The molecule has 0 spiro atoms. The Morgan fingerprint density at radius 3 is 2.41 bits per heavy atom. The Labute approximate surface area is 182 Å². The number of hydrogen-bond acceptors (Lipinski definition) is 3. The third-order valence-electron chi connectivity index (χ3n) is 5.39. The number of fused-ring (bicyclic) bond motifs is 1. The predicted octanol–water partition coefficient (Wildman–Crippen LogP) is 6.66. The summed E-state index contributed by atoms with van der Waals surface area (Å²) in [6.07, 6.45) is 7.12. The third kappa shape index (κ3) is 4.99. The van der Waals surface area contributed by atoms with Gasteiger partial charge in [-0.05, 0) is 29.7 Å². The largest absolute Gasteiger partial charge is 0.316 e. The van der Waals surface area contributed by atoms with Gasteiger partial charge in [-0.1, -0.05) is 68.8 Å². The molecule has 2 aromatic heterocycles. The van der Waals surface area contributed by atoms with Crippen LogP contribution in [-0.4, -0.2) is 20.3 Å². The van der Waals surface area contributed by atoms with Crippen LogP contribution in [0.2, 0.25) is 10.0 Å². The summed E-state index contributed by atoms with van der Waals surface area (Å²) >= 11 is 12.6. The van der Waals surface area contributed by atoms with Crippen molar-refractivity contribution in [3.05, 3.63) is 57.5 Å². The molecule has 0 fully saturated rings. The van der Waals surface area contributed by atoms with E-state index in [2.05, 4.69) is 18.8 Å². The number of carbonyl (C=O) groups excluding carboxylic acids is 1. The molecule has 3 aromatic rings. The molecule has 0 amide bonds. The molecule has 0 radical (unpaired) electrons. The fourth-order valence-corrected chi connectivity index (χ4v) is 4.37. The molecule has 0 saturated carbocycles. The first kappa shape index (κ1) is 21.8. The van der Waals surface area contributed by atoms with Gasteiger partial charge in [0.1, 0.15) is 11.3 Å². The average molecular weight is 432 g/mol. The van der Waals surface area contributed by atoms with Crippen molar-refractivity contribution in [2.45, 2.75) is 52.4 Å². The van der Waals surface area contributed by atoms with Gasteiger partial charge in [-0.25, -0.2) is 9.97 Å². The maximum absolute atomic E-state index is 12.8. The summed E-state index contributed by atoms with van der Waals surface area (Å²) in [6, 6.07) is 7.33. The van der Waals surface area contributed by atoms with Crippen molar-refractivity contribution < 1.29 is 4.79 Å². The molecule has 3 rings (SSSR count). The van der Waals surface area contributed by atoms with Crippen molar-refractivity contribution >= 4 is 40.1 Å². The molecule has 6 heteroatoms. The molecule has 154 valence electrons. The van der Waals surface area contributed by atoms with Crippen LogP contribution in [0.4, 0.5) is 0 Å². The molecule has 4 nitrogen and oxygen atoms in total. The van der Waals surface area contributed by atoms with Crippen LogP contribution in [0.3, 0.4) is 0 Å². The van der Waals surface area contributed by atoms with Gasteiger partial charge in [0.15, 0.2) is 11.4 Å². The molecule has 0 aliphatic heterocycles. The van der Waals surface area contributed by atoms with Crippen molar-refractivity contribution in [1.82, 2.24) is 14.5 Å². The van der Waals surface area contributed by atoms with Crippen LogP contribution in [0.15, 0.2) is 30.5 Å². The lowest BCUT2D eigenvalue weighted by atomic mass is 9.91. The maximum Gasteiger partial charge on any atom is 0.164 e. The first-order chi connectivity index (χ1) is 13.9. The Morgan fingerprint density at radius 1 is 1.14 bits per heavy atom. The van der Waals surface area contributed by atoms with Crippen molar-refractivity contribution in [2.24, 2.45) is 13.0 Å². The molecule has 0 N–H and O–H groups in total. The minimum atomic E-state index is 0.146. The number of hydrogen-bond donors (Lipinski definition) is 0. The van der Waals surface area contributed by atoms with E-state index in [0.29, 0.717) is 34.4 Å². The Morgan fingerprint density at radius 2 is 1.79 bits per heavy atom. The normalized spacial score (nSPS) is 11.5. The number of halogens is 2. The SMILES string of the molecule is CCCC(CCC)CC(=O)c1cnc2c(c1)nc(Cc1c(Cl)cccc1Cl)n2C. The van der Waals surface area contributed by atoms with Crippen LogP contribution < -0.4 is 0 Å². The summed E-state index contributed by atoms with van der Waals surface area (Å²) in [6.45, 7) is 4.34. The van der Waals surface area contributed by atoms with E-state index in [0.717, 1.165) is 48.2 Å². The van der Waals surface area contributed by atoms with Gasteiger partial charge >= 0.3 is 0 Å². The topological polar surface area (TPSA) is 47.8 Å². The molecule has 2 heterocycles. The summed E-state index contributed by atoms with van der Waals surface area (Å²) < 4.78 is 1.93. The quantitative estimate of drug-likeness (QED) is 0.356. The van der Waals surface area contributed by atoms with Crippen molar-refractivity contribution in [2.75, 3.05) is 0 Å². The monoisotopic (exact) mass is 431 g/mol. The van der Waals surface area contributed by atoms with E-state index in [1.807, 2.05) is 35.9 Å². The van der Waals surface area contributed by atoms with E-state index in [-0.39, 0.29) is 5.78 Å². The highest BCUT2D eigenvalue weighted by molar-refractivity contribution is 6.36. The lowest BCUT2D eigenvalue weighted by Gasteiger charge is -2.14. The third-order valence-corrected chi connectivity index (χ3v) is 6.10. The molecule has 0 atom stereocenters. The van der Waals surface area contributed by atoms with Gasteiger partial charge in [-0.3, -0.25) is 4.79 Å². The van der Waals surface area contributed by atoms with E-state index < -0.39 is 0 Å². The lowest BCUT2D eigenvalue weighted by molar-refractivity contribution is 0.0956. The zero-order chi connectivity index (χ0) is 21.0. The van der Waals surface area contributed by atoms with Gasteiger partial charge in [0.05, 0.1) is 0 Å². The first-order valence-electron chi connectivity index (χ1n) is 10.2. The van der Waals surface area contributed by atoms with Gasteiger partial charge in [0, 0.05) is 41.7 Å². The summed E-state index contributed by atoms with van der Waals surface area (Å²) in [4.78, 5) is 22.0. The highest BCUT2D eigenvalue weighted by atomic mass is 35.5. The molecule has 0 aliphatic carbocycles. The zero-order valence-electron chi connectivity index (χ0n) is 17.2. The first-order valence-corrected chi connectivity index (χ1v) is 11.0. The van der Waals surface area contributed by atoms with Crippen LogP contribution in [0.5, 0.6) is 0 Å². The van der Waals surface area contributed by atoms with Crippen molar-refractivity contribution in [3.8, 4) is 0 Å². The van der Waals surface area contributed by atoms with Gasteiger partial charge < -0.3 is 4.57 Å². The van der Waals surface area contributed by atoms with E-state index in [1.165, 1.54) is 0 Å².